The van der Waals surface area contributed by atoms with Crippen molar-refractivity contribution in [3.05, 3.63) is 93.2 Å². The number of aromatic hydroxyl groups is 1. The quantitative estimate of drug-likeness (QED) is 0.479. The first kappa shape index (κ1) is 26.7. The summed E-state index contributed by atoms with van der Waals surface area (Å²) < 4.78 is 5.42. The number of nitrogens with zero attached hydrogens (tertiary/aromatic N) is 3. The third-order valence-corrected chi connectivity index (χ3v) is 7.46. The van der Waals surface area contributed by atoms with E-state index < -0.39 is 11.3 Å². The van der Waals surface area contributed by atoms with E-state index in [2.05, 4.69) is 51.0 Å². The average Bonchev–Trinajstić information content (AvgIpc) is 3.27. The van der Waals surface area contributed by atoms with Gasteiger partial charge >= 0.3 is 0 Å². The van der Waals surface area contributed by atoms with Gasteiger partial charge in [0, 0.05) is 49.1 Å². The molecule has 2 aliphatic rings. The lowest BCUT2D eigenvalue weighted by atomic mass is 9.95. The van der Waals surface area contributed by atoms with Gasteiger partial charge in [0.1, 0.15) is 0 Å². The van der Waals surface area contributed by atoms with Crippen molar-refractivity contribution in [3.8, 4) is 17.6 Å². The number of nitrogens with one attached hydrogen (secondary N) is 1. The monoisotopic (exact) mass is 526 g/mol. The topological polar surface area (TPSA) is 98.8 Å². The van der Waals surface area contributed by atoms with Crippen LogP contribution in [0.4, 0.5) is 0 Å². The van der Waals surface area contributed by atoms with Gasteiger partial charge in [0.2, 0.25) is 11.7 Å². The normalized spacial score (nSPS) is 19.8. The smallest absolute Gasteiger partial charge is 0.293 e. The maximum Gasteiger partial charge on any atom is 0.293 e. The molecule has 8 nitrogen and oxygen atoms in total. The van der Waals surface area contributed by atoms with E-state index in [0.717, 1.165) is 49.5 Å². The highest BCUT2D eigenvalue weighted by Gasteiger charge is 2.41. The Morgan fingerprint density at radius 2 is 1.67 bits per heavy atom. The summed E-state index contributed by atoms with van der Waals surface area (Å²) in [6.07, 6.45) is 2.07. The van der Waals surface area contributed by atoms with Gasteiger partial charge in [-0.3, -0.25) is 14.5 Å². The van der Waals surface area contributed by atoms with Crippen LogP contribution in [0.5, 0.6) is 5.75 Å². The SMILES string of the molecule is CC(C)N1C(=O)C(Cc2nc[nH]c(=O)c2O)CC1c1ccc(C#Cc2ccc(CN3CCOCC3)cc2)cc1. The fraction of sp³-hybridized carbons (Fsp3) is 0.387. The minimum Gasteiger partial charge on any atom is -0.502 e. The van der Waals surface area contributed by atoms with E-state index in [9.17, 15) is 14.7 Å². The average molecular weight is 527 g/mol. The standard InChI is InChI=1S/C31H34N4O4/c1-21(2)35-28(18-26(31(35)38)17-27-29(36)30(37)33-20-32-27)25-11-9-23(10-12-25)4-3-22-5-7-24(8-6-22)19-34-13-15-39-16-14-34/h5-12,20-21,26,28,36H,13-19H2,1-2H3,(H,32,33,37). The molecule has 2 unspecified atom stereocenters. The molecule has 1 aromatic heterocycles. The molecule has 2 saturated heterocycles. The van der Waals surface area contributed by atoms with Gasteiger partial charge in [-0.2, -0.15) is 0 Å². The van der Waals surface area contributed by atoms with Crippen LogP contribution in [0.15, 0.2) is 59.7 Å². The van der Waals surface area contributed by atoms with E-state index in [1.165, 1.54) is 11.9 Å². The Morgan fingerprint density at radius 3 is 2.31 bits per heavy atom. The molecule has 2 N–H and O–H groups in total. The maximum absolute atomic E-state index is 13.3. The Bertz CT molecular complexity index is 1410. The maximum atomic E-state index is 13.3. The molecular formula is C31H34N4O4. The second-order valence-corrected chi connectivity index (χ2v) is 10.5. The van der Waals surface area contributed by atoms with Crippen LogP contribution in [0.25, 0.3) is 0 Å². The van der Waals surface area contributed by atoms with Gasteiger partial charge in [-0.15, -0.1) is 0 Å². The third kappa shape index (κ3) is 6.22. The van der Waals surface area contributed by atoms with Gasteiger partial charge in [-0.05, 0) is 55.7 Å². The molecule has 2 atom stereocenters. The summed E-state index contributed by atoms with van der Waals surface area (Å²) >= 11 is 0. The molecule has 0 aliphatic carbocycles. The molecule has 3 aromatic rings. The van der Waals surface area contributed by atoms with Crippen LogP contribution < -0.4 is 5.56 Å². The molecule has 2 fully saturated rings. The van der Waals surface area contributed by atoms with Crippen LogP contribution in [0, 0.1) is 17.8 Å². The zero-order chi connectivity index (χ0) is 27.4. The van der Waals surface area contributed by atoms with Gasteiger partial charge in [0.15, 0.2) is 0 Å². The number of carbonyl (C=O) groups excluding carboxylic acids is 1. The number of benzene rings is 2. The zero-order valence-electron chi connectivity index (χ0n) is 22.4. The highest BCUT2D eigenvalue weighted by molar-refractivity contribution is 5.82. The van der Waals surface area contributed by atoms with Crippen LogP contribution in [-0.2, 0) is 22.5 Å². The van der Waals surface area contributed by atoms with Gasteiger partial charge in [-0.1, -0.05) is 36.1 Å². The molecule has 1 amide bonds. The fourth-order valence-corrected chi connectivity index (χ4v) is 5.39. The Hall–Kier alpha value is -3.93. The zero-order valence-corrected chi connectivity index (χ0v) is 22.4. The summed E-state index contributed by atoms with van der Waals surface area (Å²) in [7, 11) is 0. The molecule has 0 bridgehead atoms. The summed E-state index contributed by atoms with van der Waals surface area (Å²) in [5.74, 6) is 5.74. The molecule has 0 spiro atoms. The lowest BCUT2D eigenvalue weighted by molar-refractivity contribution is -0.133. The summed E-state index contributed by atoms with van der Waals surface area (Å²) in [4.78, 5) is 35.8. The lowest BCUT2D eigenvalue weighted by Gasteiger charge is -2.29. The molecule has 2 aliphatic heterocycles. The molecule has 202 valence electrons. The first-order chi connectivity index (χ1) is 18.9. The number of aromatic amines is 1. The number of carbonyl (C=O) groups is 1. The molecule has 39 heavy (non-hydrogen) atoms. The Balaban J connectivity index is 1.26. The van der Waals surface area contributed by atoms with E-state index in [4.69, 9.17) is 4.74 Å². The molecule has 0 radical (unpaired) electrons. The summed E-state index contributed by atoms with van der Waals surface area (Å²) in [5, 5.41) is 10.1. The van der Waals surface area contributed by atoms with Gasteiger partial charge in [0.25, 0.3) is 5.56 Å². The second kappa shape index (κ2) is 11.9. The van der Waals surface area contributed by atoms with E-state index in [1.54, 1.807) is 0 Å². The van der Waals surface area contributed by atoms with Crippen molar-refractivity contribution < 1.29 is 14.6 Å². The van der Waals surface area contributed by atoms with Crippen molar-refractivity contribution in [1.29, 1.82) is 0 Å². The van der Waals surface area contributed by atoms with Crippen molar-refractivity contribution in [3.63, 3.8) is 0 Å². The predicted molar refractivity (Wildman–Crippen MR) is 148 cm³/mol. The van der Waals surface area contributed by atoms with E-state index in [-0.39, 0.29) is 36.0 Å². The number of morpholine rings is 1. The first-order valence-electron chi connectivity index (χ1n) is 13.5. The Kier molecular flexibility index (Phi) is 8.10. The van der Waals surface area contributed by atoms with Crippen LogP contribution >= 0.6 is 0 Å². The van der Waals surface area contributed by atoms with Crippen molar-refractivity contribution in [2.45, 2.75) is 45.3 Å². The van der Waals surface area contributed by atoms with Crippen LogP contribution in [0.2, 0.25) is 0 Å². The molecular weight excluding hydrogens is 492 g/mol. The molecule has 2 aromatic carbocycles. The van der Waals surface area contributed by atoms with Crippen LogP contribution in [0.1, 0.15) is 54.3 Å². The summed E-state index contributed by atoms with van der Waals surface area (Å²) in [6.45, 7) is 8.47. The number of hydrogen-bond donors (Lipinski definition) is 2. The first-order valence-corrected chi connectivity index (χ1v) is 13.5. The Morgan fingerprint density at radius 1 is 1.03 bits per heavy atom. The number of hydrogen-bond acceptors (Lipinski definition) is 6. The highest BCUT2D eigenvalue weighted by atomic mass is 16.5. The predicted octanol–water partition coefficient (Wildman–Crippen LogP) is 3.25. The lowest BCUT2D eigenvalue weighted by Crippen LogP contribution is -2.35. The van der Waals surface area contributed by atoms with Crippen LogP contribution in [0.3, 0.4) is 0 Å². The molecule has 0 saturated carbocycles. The minimum absolute atomic E-state index is 0.0115. The second-order valence-electron chi connectivity index (χ2n) is 10.5. The Labute approximate surface area is 228 Å². The molecule has 8 heteroatoms. The number of amides is 1. The number of ether oxygens (including phenoxy) is 1. The number of rotatable bonds is 6. The molecule has 3 heterocycles. The van der Waals surface area contributed by atoms with Gasteiger partial charge in [-0.25, -0.2) is 4.98 Å². The van der Waals surface area contributed by atoms with Crippen molar-refractivity contribution in [2.75, 3.05) is 26.3 Å². The minimum atomic E-state index is -0.594. The fourth-order valence-electron chi connectivity index (χ4n) is 5.39. The molecule has 5 rings (SSSR count). The number of likely N-dealkylation sites (tertiary alicyclic amines) is 1. The van der Waals surface area contributed by atoms with E-state index in [1.807, 2.05) is 43.0 Å². The number of H-pyrrole nitrogens is 1. The highest BCUT2D eigenvalue weighted by Crippen LogP contribution is 2.39. The van der Waals surface area contributed by atoms with Gasteiger partial charge < -0.3 is 19.7 Å². The van der Waals surface area contributed by atoms with E-state index in [0.29, 0.717) is 6.42 Å². The van der Waals surface area contributed by atoms with Crippen molar-refractivity contribution in [2.24, 2.45) is 5.92 Å². The largest absolute Gasteiger partial charge is 0.502 e. The summed E-state index contributed by atoms with van der Waals surface area (Å²) in [5.41, 5.74) is 3.85. The van der Waals surface area contributed by atoms with E-state index >= 15 is 0 Å². The van der Waals surface area contributed by atoms with Gasteiger partial charge in [0.05, 0.1) is 31.3 Å². The number of aromatic nitrogens is 2. The summed E-state index contributed by atoms with van der Waals surface area (Å²) in [6, 6.07) is 16.4. The van der Waals surface area contributed by atoms with Crippen LogP contribution in [-0.4, -0.2) is 63.1 Å². The third-order valence-electron chi connectivity index (χ3n) is 7.46. The van der Waals surface area contributed by atoms with Crippen molar-refractivity contribution in [1.82, 2.24) is 19.8 Å². The van der Waals surface area contributed by atoms with Crippen molar-refractivity contribution >= 4 is 5.91 Å².